The summed E-state index contributed by atoms with van der Waals surface area (Å²) in [5.41, 5.74) is 0.914. The van der Waals surface area contributed by atoms with Crippen LogP contribution in [0.1, 0.15) is 37.7 Å². The predicted molar refractivity (Wildman–Crippen MR) is 109 cm³/mol. The first-order valence-corrected chi connectivity index (χ1v) is 10.3. The van der Waals surface area contributed by atoms with Gasteiger partial charge < -0.3 is 24.8 Å². The standard InChI is InChI=1S/C23H28O7/c24-18(23-29-14-15-7-5-6-9-21(15)30-23)12-11-17-16(19(25)13-20(17)26)8-3-1-2-4-10-22(27)28/h1,3,5-7,9,11-12,16-18,20,23-24,26H,2,4,8,10,13-14H2,(H,27,28)/b3-1-,12-11+/t16-,17-,18+,20-,23-/m1/s1. The zero-order chi connectivity index (χ0) is 21.5. The Morgan fingerprint density at radius 2 is 2.07 bits per heavy atom. The lowest BCUT2D eigenvalue weighted by atomic mass is 9.90. The van der Waals surface area contributed by atoms with E-state index in [0.29, 0.717) is 31.6 Å². The van der Waals surface area contributed by atoms with Gasteiger partial charge in [0.05, 0.1) is 12.7 Å². The molecule has 1 fully saturated rings. The molecule has 1 aromatic carbocycles. The smallest absolute Gasteiger partial charge is 0.303 e. The molecule has 0 radical (unpaired) electrons. The molecule has 5 atom stereocenters. The lowest BCUT2D eigenvalue weighted by Crippen LogP contribution is -2.36. The number of fused-ring (bicyclic) bond motifs is 1. The van der Waals surface area contributed by atoms with Crippen molar-refractivity contribution in [2.75, 3.05) is 0 Å². The highest BCUT2D eigenvalue weighted by molar-refractivity contribution is 5.84. The summed E-state index contributed by atoms with van der Waals surface area (Å²) in [5.74, 6) is -0.931. The third-order valence-corrected chi connectivity index (χ3v) is 5.48. The molecule has 1 saturated carbocycles. The van der Waals surface area contributed by atoms with Gasteiger partial charge in [0, 0.05) is 30.2 Å². The van der Waals surface area contributed by atoms with E-state index in [1.807, 2.05) is 36.4 Å². The van der Waals surface area contributed by atoms with Crippen molar-refractivity contribution in [3.05, 3.63) is 54.1 Å². The Morgan fingerprint density at radius 3 is 2.87 bits per heavy atom. The lowest BCUT2D eigenvalue weighted by molar-refractivity contribution is -0.152. The molecule has 0 unspecified atom stereocenters. The molecule has 7 nitrogen and oxygen atoms in total. The van der Waals surface area contributed by atoms with Crippen LogP contribution in [-0.4, -0.2) is 45.6 Å². The topological polar surface area (TPSA) is 113 Å². The first-order chi connectivity index (χ1) is 14.5. The van der Waals surface area contributed by atoms with Gasteiger partial charge in [-0.2, -0.15) is 0 Å². The van der Waals surface area contributed by atoms with Crippen LogP contribution in [-0.2, 0) is 20.9 Å². The van der Waals surface area contributed by atoms with Gasteiger partial charge in [0.15, 0.2) is 0 Å². The lowest BCUT2D eigenvalue weighted by Gasteiger charge is -2.28. The Hall–Kier alpha value is -2.48. The summed E-state index contributed by atoms with van der Waals surface area (Å²) in [7, 11) is 0. The number of carbonyl (C=O) groups is 2. The number of ether oxygens (including phenoxy) is 2. The van der Waals surface area contributed by atoms with Crippen molar-refractivity contribution >= 4 is 11.8 Å². The fourth-order valence-corrected chi connectivity index (χ4v) is 3.83. The second-order valence-corrected chi connectivity index (χ2v) is 7.70. The van der Waals surface area contributed by atoms with Crippen molar-refractivity contribution in [1.29, 1.82) is 0 Å². The van der Waals surface area contributed by atoms with Gasteiger partial charge >= 0.3 is 5.97 Å². The van der Waals surface area contributed by atoms with Crippen LogP contribution in [0.2, 0.25) is 0 Å². The predicted octanol–water partition coefficient (Wildman–Crippen LogP) is 2.61. The molecule has 0 aromatic heterocycles. The van der Waals surface area contributed by atoms with Gasteiger partial charge in [-0.1, -0.05) is 42.5 Å². The highest BCUT2D eigenvalue weighted by Crippen LogP contribution is 2.34. The van der Waals surface area contributed by atoms with Crippen molar-refractivity contribution in [1.82, 2.24) is 0 Å². The molecular formula is C23H28O7. The third kappa shape index (κ3) is 5.78. The Kier molecular flexibility index (Phi) is 7.79. The number of carboxylic acid groups (broad SMARTS) is 1. The van der Waals surface area contributed by atoms with E-state index >= 15 is 0 Å². The summed E-state index contributed by atoms with van der Waals surface area (Å²) in [5, 5.41) is 29.4. The Bertz CT molecular complexity index is 800. The van der Waals surface area contributed by atoms with Crippen LogP contribution >= 0.6 is 0 Å². The van der Waals surface area contributed by atoms with Crippen LogP contribution in [0, 0.1) is 11.8 Å². The molecule has 0 amide bonds. The number of hydrogen-bond acceptors (Lipinski definition) is 6. The van der Waals surface area contributed by atoms with E-state index in [9.17, 15) is 19.8 Å². The minimum absolute atomic E-state index is 0.0130. The van der Waals surface area contributed by atoms with Gasteiger partial charge in [0.2, 0.25) is 6.29 Å². The molecule has 30 heavy (non-hydrogen) atoms. The SMILES string of the molecule is O=C(O)CCC/C=C\C[C@H]1C(=O)C[C@@H](O)[C@@H]1/C=C/[C@H](O)[C@@H]1OCc2ccccc2O1. The number of carboxylic acids is 1. The van der Waals surface area contributed by atoms with Gasteiger partial charge in [-0.3, -0.25) is 9.59 Å². The van der Waals surface area contributed by atoms with Gasteiger partial charge in [0.1, 0.15) is 17.6 Å². The van der Waals surface area contributed by atoms with E-state index < -0.39 is 30.4 Å². The van der Waals surface area contributed by atoms with Crippen LogP contribution in [0.25, 0.3) is 0 Å². The van der Waals surface area contributed by atoms with Crippen molar-refractivity contribution < 1.29 is 34.4 Å². The van der Waals surface area contributed by atoms with Gasteiger partial charge in [0.25, 0.3) is 0 Å². The molecule has 7 heteroatoms. The number of unbranched alkanes of at least 4 members (excludes halogenated alkanes) is 1. The molecule has 0 saturated heterocycles. The number of benzene rings is 1. The number of para-hydroxylation sites is 1. The minimum atomic E-state index is -1.03. The Morgan fingerprint density at radius 1 is 1.27 bits per heavy atom. The number of aliphatic carboxylic acids is 1. The largest absolute Gasteiger partial charge is 0.481 e. The number of aliphatic hydroxyl groups is 2. The summed E-state index contributed by atoms with van der Waals surface area (Å²) >= 11 is 0. The van der Waals surface area contributed by atoms with E-state index in [1.54, 1.807) is 6.08 Å². The third-order valence-electron chi connectivity index (χ3n) is 5.48. The number of hydrogen-bond donors (Lipinski definition) is 3. The quantitative estimate of drug-likeness (QED) is 0.419. The van der Waals surface area contributed by atoms with E-state index in [-0.39, 0.29) is 24.5 Å². The highest BCUT2D eigenvalue weighted by atomic mass is 16.7. The number of Topliss-reactive ketones (excluding diaryl/α,β-unsaturated/α-hetero) is 1. The number of ketones is 1. The molecule has 1 aromatic rings. The van der Waals surface area contributed by atoms with E-state index in [4.69, 9.17) is 14.6 Å². The van der Waals surface area contributed by atoms with E-state index in [2.05, 4.69) is 0 Å². The second kappa shape index (κ2) is 10.5. The first kappa shape index (κ1) is 22.2. The molecule has 1 aliphatic heterocycles. The summed E-state index contributed by atoms with van der Waals surface area (Å²) in [4.78, 5) is 22.8. The van der Waals surface area contributed by atoms with Gasteiger partial charge in [-0.15, -0.1) is 0 Å². The van der Waals surface area contributed by atoms with Crippen LogP contribution in [0.3, 0.4) is 0 Å². The van der Waals surface area contributed by atoms with Crippen molar-refractivity contribution in [3.63, 3.8) is 0 Å². The minimum Gasteiger partial charge on any atom is -0.481 e. The molecule has 0 spiro atoms. The second-order valence-electron chi connectivity index (χ2n) is 7.70. The molecule has 162 valence electrons. The molecular weight excluding hydrogens is 388 g/mol. The van der Waals surface area contributed by atoms with Crippen molar-refractivity contribution in [2.45, 2.75) is 57.2 Å². The maximum atomic E-state index is 12.3. The number of carbonyl (C=O) groups excluding carboxylic acids is 1. The van der Waals surface area contributed by atoms with E-state index in [1.165, 1.54) is 6.08 Å². The molecule has 1 heterocycles. The average molecular weight is 416 g/mol. The summed E-state index contributed by atoms with van der Waals surface area (Å²) in [6.07, 6.45) is 6.12. The van der Waals surface area contributed by atoms with Crippen molar-refractivity contribution in [2.24, 2.45) is 11.8 Å². The van der Waals surface area contributed by atoms with E-state index in [0.717, 1.165) is 5.56 Å². The summed E-state index contributed by atoms with van der Waals surface area (Å²) in [6, 6.07) is 7.46. The van der Waals surface area contributed by atoms with Gasteiger partial charge in [-0.05, 0) is 25.3 Å². The number of allylic oxidation sites excluding steroid dienone is 2. The highest BCUT2D eigenvalue weighted by Gasteiger charge is 2.39. The molecule has 0 bridgehead atoms. The number of rotatable bonds is 9. The maximum Gasteiger partial charge on any atom is 0.303 e. The fraction of sp³-hybridized carbons (Fsp3) is 0.478. The first-order valence-electron chi connectivity index (χ1n) is 10.3. The average Bonchev–Trinajstić information content (AvgIpc) is 3.00. The normalized spacial score (nSPS) is 27.3. The zero-order valence-corrected chi connectivity index (χ0v) is 16.7. The number of aliphatic hydroxyl groups excluding tert-OH is 2. The molecule has 2 aliphatic rings. The van der Waals surface area contributed by atoms with Crippen LogP contribution < -0.4 is 4.74 Å². The van der Waals surface area contributed by atoms with Crippen LogP contribution in [0.4, 0.5) is 0 Å². The molecule has 3 rings (SSSR count). The fourth-order valence-electron chi connectivity index (χ4n) is 3.83. The zero-order valence-electron chi connectivity index (χ0n) is 16.7. The Balaban J connectivity index is 1.55. The summed E-state index contributed by atoms with van der Waals surface area (Å²) < 4.78 is 11.3. The Labute approximate surface area is 175 Å². The van der Waals surface area contributed by atoms with Crippen molar-refractivity contribution in [3.8, 4) is 5.75 Å². The molecule has 3 N–H and O–H groups in total. The molecule has 1 aliphatic carbocycles. The maximum absolute atomic E-state index is 12.3. The van der Waals surface area contributed by atoms with Crippen LogP contribution in [0.15, 0.2) is 48.6 Å². The monoisotopic (exact) mass is 416 g/mol. The summed E-state index contributed by atoms with van der Waals surface area (Å²) in [6.45, 7) is 0.339. The van der Waals surface area contributed by atoms with Crippen LogP contribution in [0.5, 0.6) is 5.75 Å². The van der Waals surface area contributed by atoms with Gasteiger partial charge in [-0.25, -0.2) is 0 Å².